The largest absolute Gasteiger partial charge is 0.250 e. The van der Waals surface area contributed by atoms with Crippen molar-refractivity contribution in [1.82, 2.24) is 19.7 Å². The first-order chi connectivity index (χ1) is 8.66. The van der Waals surface area contributed by atoms with Crippen LogP contribution in [0.15, 0.2) is 30.3 Å². The Bertz CT molecular complexity index is 713. The Labute approximate surface area is 105 Å². The molecule has 1 aromatic carbocycles. The van der Waals surface area contributed by atoms with E-state index in [0.717, 1.165) is 33.8 Å². The Morgan fingerprint density at radius 2 is 1.67 bits per heavy atom. The topological polar surface area (TPSA) is 43.6 Å². The lowest BCUT2D eigenvalue weighted by Gasteiger charge is -2.03. The summed E-state index contributed by atoms with van der Waals surface area (Å²) in [4.78, 5) is 9.20. The molecule has 0 saturated carbocycles. The number of hydrogen-bond acceptors (Lipinski definition) is 3. The summed E-state index contributed by atoms with van der Waals surface area (Å²) in [6.07, 6.45) is 0. The molecule has 4 nitrogen and oxygen atoms in total. The highest BCUT2D eigenvalue weighted by Gasteiger charge is 2.12. The van der Waals surface area contributed by atoms with E-state index in [9.17, 15) is 0 Å². The molecule has 0 atom stereocenters. The van der Waals surface area contributed by atoms with Crippen LogP contribution in [0.5, 0.6) is 0 Å². The zero-order valence-corrected chi connectivity index (χ0v) is 10.7. The van der Waals surface area contributed by atoms with Gasteiger partial charge < -0.3 is 0 Å². The Morgan fingerprint density at radius 3 is 2.39 bits per heavy atom. The molecule has 0 saturated heterocycles. The van der Waals surface area contributed by atoms with Crippen molar-refractivity contribution in [2.45, 2.75) is 13.8 Å². The number of aryl methyl sites for hydroxylation is 3. The first-order valence-electron chi connectivity index (χ1n) is 5.90. The van der Waals surface area contributed by atoms with Crippen LogP contribution in [0.3, 0.4) is 0 Å². The summed E-state index contributed by atoms with van der Waals surface area (Å²) in [5, 5.41) is 5.45. The van der Waals surface area contributed by atoms with E-state index in [-0.39, 0.29) is 0 Å². The second kappa shape index (κ2) is 3.91. The molecule has 2 aromatic heterocycles. The number of aromatic nitrogens is 4. The summed E-state index contributed by atoms with van der Waals surface area (Å²) in [5.41, 5.74) is 3.87. The first-order valence-corrected chi connectivity index (χ1v) is 5.90. The molecule has 0 aliphatic heterocycles. The van der Waals surface area contributed by atoms with Crippen LogP contribution in [0.25, 0.3) is 22.4 Å². The number of nitrogens with zero attached hydrogens (tertiary/aromatic N) is 4. The fourth-order valence-corrected chi connectivity index (χ4v) is 2.25. The van der Waals surface area contributed by atoms with Crippen LogP contribution in [-0.4, -0.2) is 19.7 Å². The van der Waals surface area contributed by atoms with E-state index in [1.54, 1.807) is 0 Å². The predicted octanol–water partition coefficient (Wildman–Crippen LogP) is 2.65. The maximum absolute atomic E-state index is 4.62. The third kappa shape index (κ3) is 1.57. The smallest absolute Gasteiger partial charge is 0.162 e. The number of rotatable bonds is 1. The highest BCUT2D eigenvalue weighted by molar-refractivity contribution is 5.82. The van der Waals surface area contributed by atoms with E-state index in [2.05, 4.69) is 15.1 Å². The highest BCUT2D eigenvalue weighted by Crippen LogP contribution is 2.22. The Hall–Kier alpha value is -2.23. The lowest BCUT2D eigenvalue weighted by Crippen LogP contribution is -1.97. The fraction of sp³-hybridized carbons (Fsp3) is 0.214. The van der Waals surface area contributed by atoms with Gasteiger partial charge in [-0.05, 0) is 13.8 Å². The van der Waals surface area contributed by atoms with Crippen molar-refractivity contribution in [2.24, 2.45) is 7.05 Å². The van der Waals surface area contributed by atoms with Gasteiger partial charge in [-0.2, -0.15) is 5.10 Å². The number of hydrogen-bond donors (Lipinski definition) is 0. The zero-order valence-electron chi connectivity index (χ0n) is 10.7. The molecule has 2 heterocycles. The van der Waals surface area contributed by atoms with Crippen molar-refractivity contribution >= 4 is 11.0 Å². The molecule has 0 spiro atoms. The summed E-state index contributed by atoms with van der Waals surface area (Å²) in [5.74, 6) is 0.753. The second-order valence-corrected chi connectivity index (χ2v) is 4.41. The minimum atomic E-state index is 0.753. The Morgan fingerprint density at radius 1 is 0.944 bits per heavy atom. The van der Waals surface area contributed by atoms with Crippen LogP contribution in [0.1, 0.15) is 11.4 Å². The van der Waals surface area contributed by atoms with Gasteiger partial charge in [-0.25, -0.2) is 9.97 Å². The molecule has 0 N–H and O–H groups in total. The van der Waals surface area contributed by atoms with Crippen molar-refractivity contribution in [3.8, 4) is 11.4 Å². The molecule has 3 aromatic rings. The van der Waals surface area contributed by atoms with E-state index in [0.29, 0.717) is 0 Å². The molecule has 0 aliphatic carbocycles. The van der Waals surface area contributed by atoms with Gasteiger partial charge in [-0.15, -0.1) is 0 Å². The van der Waals surface area contributed by atoms with Gasteiger partial charge in [0, 0.05) is 12.6 Å². The van der Waals surface area contributed by atoms with Gasteiger partial charge in [0.15, 0.2) is 11.5 Å². The maximum atomic E-state index is 4.62. The normalized spacial score (nSPS) is 11.1. The molecule has 18 heavy (non-hydrogen) atoms. The van der Waals surface area contributed by atoms with E-state index in [1.807, 2.05) is 55.9 Å². The third-order valence-corrected chi connectivity index (χ3v) is 3.07. The van der Waals surface area contributed by atoms with Gasteiger partial charge in [0.25, 0.3) is 0 Å². The molecular formula is C14H14N4. The van der Waals surface area contributed by atoms with Gasteiger partial charge in [0.2, 0.25) is 0 Å². The van der Waals surface area contributed by atoms with Crippen molar-refractivity contribution < 1.29 is 0 Å². The van der Waals surface area contributed by atoms with Gasteiger partial charge in [0.1, 0.15) is 0 Å². The summed E-state index contributed by atoms with van der Waals surface area (Å²) < 4.78 is 1.81. The molecule has 3 rings (SSSR count). The minimum absolute atomic E-state index is 0.753. The molecule has 0 radical (unpaired) electrons. The molecule has 0 unspecified atom stereocenters. The number of fused-ring (bicyclic) bond motifs is 1. The first kappa shape index (κ1) is 10.9. The quantitative estimate of drug-likeness (QED) is 0.654. The van der Waals surface area contributed by atoms with Crippen LogP contribution in [0.2, 0.25) is 0 Å². The minimum Gasteiger partial charge on any atom is -0.250 e. The number of benzene rings is 1. The van der Waals surface area contributed by atoms with Crippen LogP contribution in [0, 0.1) is 13.8 Å². The summed E-state index contributed by atoms with van der Waals surface area (Å²) >= 11 is 0. The van der Waals surface area contributed by atoms with Crippen LogP contribution >= 0.6 is 0 Å². The molecule has 0 aliphatic rings. The van der Waals surface area contributed by atoms with Crippen molar-refractivity contribution in [2.75, 3.05) is 0 Å². The summed E-state index contributed by atoms with van der Waals surface area (Å²) in [6, 6.07) is 10.0. The van der Waals surface area contributed by atoms with E-state index in [1.165, 1.54) is 0 Å². The average molecular weight is 238 g/mol. The van der Waals surface area contributed by atoms with E-state index in [4.69, 9.17) is 0 Å². The van der Waals surface area contributed by atoms with Crippen LogP contribution < -0.4 is 0 Å². The Balaban J connectivity index is 2.31. The average Bonchev–Trinajstić information content (AvgIpc) is 2.66. The van der Waals surface area contributed by atoms with Crippen molar-refractivity contribution in [3.05, 3.63) is 41.7 Å². The predicted molar refractivity (Wildman–Crippen MR) is 71.2 cm³/mol. The molecule has 0 fully saturated rings. The van der Waals surface area contributed by atoms with Gasteiger partial charge >= 0.3 is 0 Å². The zero-order chi connectivity index (χ0) is 12.7. The van der Waals surface area contributed by atoms with Gasteiger partial charge in [-0.3, -0.25) is 4.68 Å². The molecular weight excluding hydrogens is 224 g/mol. The van der Waals surface area contributed by atoms with E-state index < -0.39 is 0 Å². The summed E-state index contributed by atoms with van der Waals surface area (Å²) in [7, 11) is 1.91. The fourth-order valence-electron chi connectivity index (χ4n) is 2.25. The molecule has 90 valence electrons. The highest BCUT2D eigenvalue weighted by atomic mass is 15.3. The van der Waals surface area contributed by atoms with Crippen LogP contribution in [-0.2, 0) is 7.05 Å². The molecule has 0 bridgehead atoms. The maximum Gasteiger partial charge on any atom is 0.162 e. The van der Waals surface area contributed by atoms with Gasteiger partial charge in [-0.1, -0.05) is 30.3 Å². The Kier molecular flexibility index (Phi) is 2.37. The monoisotopic (exact) mass is 238 g/mol. The van der Waals surface area contributed by atoms with Gasteiger partial charge in [0.05, 0.1) is 16.8 Å². The third-order valence-electron chi connectivity index (χ3n) is 3.07. The van der Waals surface area contributed by atoms with Crippen molar-refractivity contribution in [1.29, 1.82) is 0 Å². The lowest BCUT2D eigenvalue weighted by atomic mass is 10.2. The lowest BCUT2D eigenvalue weighted by molar-refractivity contribution is 0.773. The second-order valence-electron chi connectivity index (χ2n) is 4.41. The van der Waals surface area contributed by atoms with Crippen molar-refractivity contribution in [3.63, 3.8) is 0 Å². The van der Waals surface area contributed by atoms with E-state index >= 15 is 0 Å². The summed E-state index contributed by atoms with van der Waals surface area (Å²) in [6.45, 7) is 3.99. The SMILES string of the molecule is Cc1nc(-c2ccccc2)nc2c1c(C)nn2C. The molecule has 4 heteroatoms. The standard InChI is InChI=1S/C14H14N4/c1-9-12-10(2)17-18(3)14(12)16-13(15-9)11-7-5-4-6-8-11/h4-8H,1-3H3. The van der Waals surface area contributed by atoms with Crippen LogP contribution in [0.4, 0.5) is 0 Å². The molecule has 0 amide bonds.